The SMILES string of the molecule is Cc1ccccc1CC(CCc1ccnn1C)NN. The van der Waals surface area contributed by atoms with Gasteiger partial charge in [0.1, 0.15) is 0 Å². The molecule has 0 saturated carbocycles. The van der Waals surface area contributed by atoms with E-state index in [1.165, 1.54) is 16.8 Å². The quantitative estimate of drug-likeness (QED) is 0.613. The van der Waals surface area contributed by atoms with Gasteiger partial charge >= 0.3 is 0 Å². The zero-order chi connectivity index (χ0) is 13.7. The Balaban J connectivity index is 1.94. The molecule has 102 valence electrons. The van der Waals surface area contributed by atoms with Crippen LogP contribution in [0.3, 0.4) is 0 Å². The summed E-state index contributed by atoms with van der Waals surface area (Å²) in [6, 6.07) is 10.8. The molecule has 1 aromatic carbocycles. The van der Waals surface area contributed by atoms with Gasteiger partial charge in [-0.05, 0) is 43.4 Å². The fourth-order valence-electron chi connectivity index (χ4n) is 2.32. The molecule has 2 aromatic rings. The number of benzene rings is 1. The Kier molecular flexibility index (Phi) is 4.71. The lowest BCUT2D eigenvalue weighted by molar-refractivity contribution is 0.483. The number of nitrogens with zero attached hydrogens (tertiary/aromatic N) is 2. The van der Waals surface area contributed by atoms with Crippen LogP contribution in [0.1, 0.15) is 23.2 Å². The number of aryl methyl sites for hydroxylation is 3. The average molecular weight is 258 g/mol. The van der Waals surface area contributed by atoms with Crippen molar-refractivity contribution in [1.82, 2.24) is 15.2 Å². The lowest BCUT2D eigenvalue weighted by Crippen LogP contribution is -2.37. The third-order valence-corrected chi connectivity index (χ3v) is 3.63. The Hall–Kier alpha value is -1.65. The molecule has 0 aliphatic heterocycles. The summed E-state index contributed by atoms with van der Waals surface area (Å²) < 4.78 is 1.92. The molecule has 1 aromatic heterocycles. The normalized spacial score (nSPS) is 12.6. The largest absolute Gasteiger partial charge is 0.273 e. The third kappa shape index (κ3) is 3.66. The first-order valence-electron chi connectivity index (χ1n) is 6.68. The van der Waals surface area contributed by atoms with Gasteiger partial charge in [0, 0.05) is 25.0 Å². The zero-order valence-corrected chi connectivity index (χ0v) is 11.6. The van der Waals surface area contributed by atoms with Crippen LogP contribution in [0.25, 0.3) is 0 Å². The fourth-order valence-corrected chi connectivity index (χ4v) is 2.32. The van der Waals surface area contributed by atoms with E-state index < -0.39 is 0 Å². The topological polar surface area (TPSA) is 55.9 Å². The third-order valence-electron chi connectivity index (χ3n) is 3.63. The molecule has 3 N–H and O–H groups in total. The van der Waals surface area contributed by atoms with Gasteiger partial charge < -0.3 is 0 Å². The minimum atomic E-state index is 0.288. The Morgan fingerprint density at radius 1 is 1.32 bits per heavy atom. The highest BCUT2D eigenvalue weighted by molar-refractivity contribution is 5.26. The van der Waals surface area contributed by atoms with Crippen LogP contribution in [0.5, 0.6) is 0 Å². The maximum Gasteiger partial charge on any atom is 0.0492 e. The van der Waals surface area contributed by atoms with Crippen molar-refractivity contribution in [2.24, 2.45) is 12.9 Å². The van der Waals surface area contributed by atoms with Gasteiger partial charge in [0.2, 0.25) is 0 Å². The van der Waals surface area contributed by atoms with Gasteiger partial charge in [-0.2, -0.15) is 5.10 Å². The Bertz CT molecular complexity index is 518. The van der Waals surface area contributed by atoms with Crippen LogP contribution >= 0.6 is 0 Å². The number of nitrogens with one attached hydrogen (secondary N) is 1. The molecular formula is C15H22N4. The summed E-state index contributed by atoms with van der Waals surface area (Å²) in [4.78, 5) is 0. The summed E-state index contributed by atoms with van der Waals surface area (Å²) in [5, 5.41) is 4.18. The molecular weight excluding hydrogens is 236 g/mol. The van der Waals surface area contributed by atoms with E-state index in [0.717, 1.165) is 19.3 Å². The van der Waals surface area contributed by atoms with Crippen molar-refractivity contribution in [1.29, 1.82) is 0 Å². The molecule has 0 radical (unpaired) electrons. The van der Waals surface area contributed by atoms with E-state index in [-0.39, 0.29) is 6.04 Å². The van der Waals surface area contributed by atoms with Crippen molar-refractivity contribution in [2.45, 2.75) is 32.2 Å². The zero-order valence-electron chi connectivity index (χ0n) is 11.6. The second-order valence-electron chi connectivity index (χ2n) is 4.98. The Labute approximate surface area is 114 Å². The molecule has 0 aliphatic rings. The molecule has 0 aliphatic carbocycles. The summed E-state index contributed by atoms with van der Waals surface area (Å²) in [6.45, 7) is 2.14. The first kappa shape index (κ1) is 13.8. The molecule has 0 spiro atoms. The van der Waals surface area contributed by atoms with Gasteiger partial charge in [-0.25, -0.2) is 0 Å². The maximum atomic E-state index is 5.68. The molecule has 19 heavy (non-hydrogen) atoms. The first-order valence-corrected chi connectivity index (χ1v) is 6.68. The predicted molar refractivity (Wildman–Crippen MR) is 77.5 cm³/mol. The molecule has 4 heteroatoms. The molecule has 4 nitrogen and oxygen atoms in total. The molecule has 0 fully saturated rings. The summed E-state index contributed by atoms with van der Waals surface area (Å²) >= 11 is 0. The van der Waals surface area contributed by atoms with Gasteiger partial charge in [-0.3, -0.25) is 16.0 Å². The summed E-state index contributed by atoms with van der Waals surface area (Å²) in [5.74, 6) is 5.68. The standard InChI is InChI=1S/C15H22N4/c1-12-5-3-4-6-13(12)11-14(18-16)7-8-15-9-10-17-19(15)2/h3-6,9-10,14,18H,7-8,11,16H2,1-2H3. The molecule has 0 amide bonds. The van der Waals surface area contributed by atoms with Gasteiger partial charge in [-0.15, -0.1) is 0 Å². The fraction of sp³-hybridized carbons (Fsp3) is 0.400. The van der Waals surface area contributed by atoms with E-state index in [2.05, 4.69) is 47.8 Å². The Morgan fingerprint density at radius 3 is 2.74 bits per heavy atom. The summed E-state index contributed by atoms with van der Waals surface area (Å²) in [5.41, 5.74) is 6.85. The highest BCUT2D eigenvalue weighted by Gasteiger charge is 2.10. The average Bonchev–Trinajstić information content (AvgIpc) is 2.82. The van der Waals surface area contributed by atoms with Gasteiger partial charge in [0.25, 0.3) is 0 Å². The minimum Gasteiger partial charge on any atom is -0.273 e. The van der Waals surface area contributed by atoms with Crippen molar-refractivity contribution >= 4 is 0 Å². The van der Waals surface area contributed by atoms with E-state index in [1.807, 2.05) is 17.9 Å². The van der Waals surface area contributed by atoms with Crippen LogP contribution in [0.15, 0.2) is 36.5 Å². The highest BCUT2D eigenvalue weighted by atomic mass is 15.3. The molecule has 1 heterocycles. The van der Waals surface area contributed by atoms with Crippen LogP contribution in [0.2, 0.25) is 0 Å². The number of hydrazine groups is 1. The number of rotatable bonds is 6. The van der Waals surface area contributed by atoms with Gasteiger partial charge in [0.05, 0.1) is 0 Å². The van der Waals surface area contributed by atoms with Crippen molar-refractivity contribution in [3.8, 4) is 0 Å². The lowest BCUT2D eigenvalue weighted by atomic mass is 9.98. The first-order chi connectivity index (χ1) is 9.20. The van der Waals surface area contributed by atoms with Crippen molar-refractivity contribution in [3.63, 3.8) is 0 Å². The van der Waals surface area contributed by atoms with Crippen LogP contribution in [0, 0.1) is 6.92 Å². The molecule has 2 rings (SSSR count). The van der Waals surface area contributed by atoms with Gasteiger partial charge in [0.15, 0.2) is 0 Å². The van der Waals surface area contributed by atoms with E-state index in [0.29, 0.717) is 0 Å². The molecule has 0 saturated heterocycles. The van der Waals surface area contributed by atoms with Crippen LogP contribution in [-0.4, -0.2) is 15.8 Å². The van der Waals surface area contributed by atoms with Crippen LogP contribution in [-0.2, 0) is 19.9 Å². The number of aromatic nitrogens is 2. The monoisotopic (exact) mass is 258 g/mol. The predicted octanol–water partition coefficient (Wildman–Crippen LogP) is 1.74. The van der Waals surface area contributed by atoms with E-state index in [9.17, 15) is 0 Å². The van der Waals surface area contributed by atoms with Crippen molar-refractivity contribution in [3.05, 3.63) is 53.3 Å². The lowest BCUT2D eigenvalue weighted by Gasteiger charge is -2.17. The van der Waals surface area contributed by atoms with Crippen LogP contribution < -0.4 is 11.3 Å². The van der Waals surface area contributed by atoms with Crippen molar-refractivity contribution < 1.29 is 0 Å². The number of hydrogen-bond donors (Lipinski definition) is 2. The summed E-state index contributed by atoms with van der Waals surface area (Å²) in [6.07, 6.45) is 4.78. The second kappa shape index (κ2) is 6.50. The van der Waals surface area contributed by atoms with Crippen molar-refractivity contribution in [2.75, 3.05) is 0 Å². The maximum absolute atomic E-state index is 5.68. The van der Waals surface area contributed by atoms with E-state index in [4.69, 9.17) is 5.84 Å². The smallest absolute Gasteiger partial charge is 0.0492 e. The van der Waals surface area contributed by atoms with E-state index >= 15 is 0 Å². The van der Waals surface area contributed by atoms with Gasteiger partial charge in [-0.1, -0.05) is 24.3 Å². The number of nitrogens with two attached hydrogens (primary N) is 1. The Morgan fingerprint density at radius 2 is 2.11 bits per heavy atom. The summed E-state index contributed by atoms with van der Waals surface area (Å²) in [7, 11) is 1.97. The second-order valence-corrected chi connectivity index (χ2v) is 4.98. The molecule has 1 unspecified atom stereocenters. The van der Waals surface area contributed by atoms with E-state index in [1.54, 1.807) is 0 Å². The molecule has 0 bridgehead atoms. The molecule has 1 atom stereocenters. The minimum absolute atomic E-state index is 0.288. The highest BCUT2D eigenvalue weighted by Crippen LogP contribution is 2.12. The number of hydrogen-bond acceptors (Lipinski definition) is 3. The van der Waals surface area contributed by atoms with Crippen LogP contribution in [0.4, 0.5) is 0 Å².